The molecule has 2 heterocycles. The number of hydrogen-bond donors (Lipinski definition) is 3. The molecule has 2 amide bonds. The molecule has 1 unspecified atom stereocenters. The molecule has 30 heavy (non-hydrogen) atoms. The Morgan fingerprint density at radius 3 is 2.47 bits per heavy atom. The van der Waals surface area contributed by atoms with Gasteiger partial charge in [0.1, 0.15) is 12.1 Å². The number of rotatable bonds is 8. The van der Waals surface area contributed by atoms with E-state index in [1.165, 1.54) is 0 Å². The zero-order chi connectivity index (χ0) is 22.5. The zero-order valence-electron chi connectivity index (χ0n) is 19.3. The van der Waals surface area contributed by atoms with Crippen molar-refractivity contribution in [3.63, 3.8) is 0 Å². The molecule has 0 aliphatic heterocycles. The maximum absolute atomic E-state index is 12.5. The van der Waals surface area contributed by atoms with Gasteiger partial charge in [-0.05, 0) is 27.2 Å². The van der Waals surface area contributed by atoms with E-state index in [1.54, 1.807) is 20.8 Å². The molecule has 1 atom stereocenters. The highest BCUT2D eigenvalue weighted by Gasteiger charge is 2.24. The minimum absolute atomic E-state index is 0.0593. The Hall–Kier alpha value is -2.58. The minimum Gasteiger partial charge on any atom is -0.444 e. The van der Waals surface area contributed by atoms with Gasteiger partial charge in [-0.1, -0.05) is 47.0 Å². The molecule has 9 nitrogen and oxygen atoms in total. The van der Waals surface area contributed by atoms with Gasteiger partial charge in [-0.3, -0.25) is 9.89 Å². The zero-order valence-corrected chi connectivity index (χ0v) is 19.3. The van der Waals surface area contributed by atoms with E-state index in [1.807, 2.05) is 10.6 Å². The van der Waals surface area contributed by atoms with Gasteiger partial charge in [-0.25, -0.2) is 9.31 Å². The van der Waals surface area contributed by atoms with Gasteiger partial charge in [-0.15, -0.1) is 10.2 Å². The molecule has 0 aliphatic rings. The highest BCUT2D eigenvalue weighted by molar-refractivity contribution is 5.82. The molecule has 0 aliphatic carbocycles. The van der Waals surface area contributed by atoms with Gasteiger partial charge < -0.3 is 15.4 Å². The quantitative estimate of drug-likeness (QED) is 0.565. The SMILES string of the molecule is CCCCCC(NC(=O)CNC(=O)OC(C)(C)C)c1nnc2cc(C(C)(C)C)[nH]n12. The topological polar surface area (TPSA) is 113 Å². The fraction of sp³-hybridized carbons (Fsp3) is 0.714. The predicted octanol–water partition coefficient (Wildman–Crippen LogP) is 3.62. The number of carbonyl (C=O) groups is 2. The van der Waals surface area contributed by atoms with Crippen LogP contribution in [0.15, 0.2) is 6.07 Å². The van der Waals surface area contributed by atoms with Crippen LogP contribution in [0.2, 0.25) is 0 Å². The predicted molar refractivity (Wildman–Crippen MR) is 115 cm³/mol. The largest absolute Gasteiger partial charge is 0.444 e. The molecule has 2 aromatic rings. The monoisotopic (exact) mass is 420 g/mol. The minimum atomic E-state index is -0.621. The van der Waals surface area contributed by atoms with Crippen LogP contribution in [0.3, 0.4) is 0 Å². The van der Waals surface area contributed by atoms with Crippen LogP contribution in [0.25, 0.3) is 5.65 Å². The van der Waals surface area contributed by atoms with Gasteiger partial charge in [0.2, 0.25) is 5.91 Å². The molecule has 0 radical (unpaired) electrons. The van der Waals surface area contributed by atoms with Crippen molar-refractivity contribution in [1.29, 1.82) is 0 Å². The number of amides is 2. The third-order valence-corrected chi connectivity index (χ3v) is 4.56. The molecular weight excluding hydrogens is 384 g/mol. The Labute approximate surface area is 178 Å². The second-order valence-corrected chi connectivity index (χ2v) is 9.64. The van der Waals surface area contributed by atoms with Gasteiger partial charge in [0.15, 0.2) is 11.5 Å². The van der Waals surface area contributed by atoms with Gasteiger partial charge in [-0.2, -0.15) is 0 Å². The number of unbranched alkanes of at least 4 members (excludes halogenated alkanes) is 2. The summed E-state index contributed by atoms with van der Waals surface area (Å²) in [4.78, 5) is 24.3. The first-order valence-electron chi connectivity index (χ1n) is 10.6. The number of carbonyl (C=O) groups excluding carboxylic acids is 2. The van der Waals surface area contributed by atoms with Crippen molar-refractivity contribution in [2.75, 3.05) is 6.54 Å². The van der Waals surface area contributed by atoms with Crippen molar-refractivity contribution in [3.8, 4) is 0 Å². The molecule has 2 rings (SSSR count). The van der Waals surface area contributed by atoms with E-state index in [2.05, 4.69) is 53.6 Å². The summed E-state index contributed by atoms with van der Waals surface area (Å²) in [6.45, 7) is 13.6. The molecule has 2 aromatic heterocycles. The van der Waals surface area contributed by atoms with Crippen molar-refractivity contribution in [2.24, 2.45) is 0 Å². The van der Waals surface area contributed by atoms with E-state index in [0.29, 0.717) is 5.82 Å². The van der Waals surface area contributed by atoms with Crippen LogP contribution in [-0.4, -0.2) is 44.0 Å². The van der Waals surface area contributed by atoms with Gasteiger partial charge >= 0.3 is 6.09 Å². The third kappa shape index (κ3) is 6.74. The Morgan fingerprint density at radius 1 is 1.17 bits per heavy atom. The summed E-state index contributed by atoms with van der Waals surface area (Å²) in [6.07, 6.45) is 3.19. The number of nitrogens with one attached hydrogen (secondary N) is 3. The third-order valence-electron chi connectivity index (χ3n) is 4.56. The second kappa shape index (κ2) is 9.49. The number of aromatic nitrogens is 4. The highest BCUT2D eigenvalue weighted by Crippen LogP contribution is 2.24. The maximum atomic E-state index is 12.5. The lowest BCUT2D eigenvalue weighted by Crippen LogP contribution is -2.41. The summed E-state index contributed by atoms with van der Waals surface area (Å²) in [6, 6.07) is 1.66. The highest BCUT2D eigenvalue weighted by atomic mass is 16.6. The first kappa shape index (κ1) is 23.7. The smallest absolute Gasteiger partial charge is 0.408 e. The molecule has 0 saturated heterocycles. The van der Waals surface area contributed by atoms with E-state index in [0.717, 1.165) is 37.0 Å². The van der Waals surface area contributed by atoms with Crippen molar-refractivity contribution < 1.29 is 14.3 Å². The molecule has 168 valence electrons. The number of nitrogens with zero attached hydrogens (tertiary/aromatic N) is 3. The Morgan fingerprint density at radius 2 is 1.87 bits per heavy atom. The van der Waals surface area contributed by atoms with Crippen LogP contribution in [0.1, 0.15) is 91.7 Å². The second-order valence-electron chi connectivity index (χ2n) is 9.64. The van der Waals surface area contributed by atoms with Crippen molar-refractivity contribution >= 4 is 17.6 Å². The van der Waals surface area contributed by atoms with E-state index >= 15 is 0 Å². The van der Waals surface area contributed by atoms with Gasteiger partial charge in [0.05, 0.1) is 6.04 Å². The first-order chi connectivity index (χ1) is 13.9. The molecular formula is C21H36N6O3. The summed E-state index contributed by atoms with van der Waals surface area (Å²) in [5.74, 6) is 0.351. The molecule has 0 spiro atoms. The lowest BCUT2D eigenvalue weighted by atomic mass is 9.93. The average Bonchev–Trinajstić information content (AvgIpc) is 3.18. The van der Waals surface area contributed by atoms with Crippen LogP contribution in [0.4, 0.5) is 4.79 Å². The summed E-state index contributed by atoms with van der Waals surface area (Å²) in [5.41, 5.74) is 1.08. The lowest BCUT2D eigenvalue weighted by Gasteiger charge is -2.20. The summed E-state index contributed by atoms with van der Waals surface area (Å²) in [7, 11) is 0. The fourth-order valence-corrected chi connectivity index (χ4v) is 2.99. The molecule has 0 saturated carbocycles. The van der Waals surface area contributed by atoms with Crippen molar-refractivity contribution in [3.05, 3.63) is 17.6 Å². The summed E-state index contributed by atoms with van der Waals surface area (Å²) in [5, 5.41) is 17.4. The Kier molecular flexibility index (Phi) is 7.49. The summed E-state index contributed by atoms with van der Waals surface area (Å²) >= 11 is 0. The van der Waals surface area contributed by atoms with E-state index in [4.69, 9.17) is 4.74 Å². The maximum Gasteiger partial charge on any atom is 0.408 e. The Balaban J connectivity index is 2.12. The molecule has 0 fully saturated rings. The van der Waals surface area contributed by atoms with E-state index in [-0.39, 0.29) is 23.9 Å². The molecule has 9 heteroatoms. The number of aromatic amines is 1. The van der Waals surface area contributed by atoms with E-state index in [9.17, 15) is 9.59 Å². The molecule has 0 aromatic carbocycles. The molecule has 0 bridgehead atoms. The van der Waals surface area contributed by atoms with Gasteiger partial charge in [0.25, 0.3) is 0 Å². The summed E-state index contributed by atoms with van der Waals surface area (Å²) < 4.78 is 7.01. The van der Waals surface area contributed by atoms with Crippen molar-refractivity contribution in [1.82, 2.24) is 30.4 Å². The lowest BCUT2D eigenvalue weighted by molar-refractivity contribution is -0.121. The first-order valence-corrected chi connectivity index (χ1v) is 10.6. The molecule has 3 N–H and O–H groups in total. The standard InChI is InChI=1S/C21H36N6O3/c1-8-9-10-11-14(23-17(28)13-22-19(29)30-21(5,6)7)18-25-24-16-12-15(20(2,3)4)26-27(16)18/h12,14,26H,8-11,13H2,1-7H3,(H,22,29)(H,23,28). The van der Waals surface area contributed by atoms with Crippen LogP contribution >= 0.6 is 0 Å². The van der Waals surface area contributed by atoms with Crippen LogP contribution in [0.5, 0.6) is 0 Å². The van der Waals surface area contributed by atoms with E-state index < -0.39 is 11.7 Å². The fourth-order valence-electron chi connectivity index (χ4n) is 2.99. The van der Waals surface area contributed by atoms with Gasteiger partial charge in [0, 0.05) is 17.2 Å². The number of hydrogen-bond acceptors (Lipinski definition) is 5. The van der Waals surface area contributed by atoms with Crippen molar-refractivity contribution in [2.45, 2.75) is 91.2 Å². The van der Waals surface area contributed by atoms with Crippen LogP contribution in [-0.2, 0) is 14.9 Å². The normalized spacial score (nSPS) is 13.3. The Bertz CT molecular complexity index is 856. The van der Waals surface area contributed by atoms with Crippen LogP contribution in [0, 0.1) is 0 Å². The number of ether oxygens (including phenoxy) is 1. The number of H-pyrrole nitrogens is 1. The van der Waals surface area contributed by atoms with Crippen LogP contribution < -0.4 is 10.6 Å². The number of alkyl carbamates (subject to hydrolysis) is 1. The average molecular weight is 421 g/mol. The number of fused-ring (bicyclic) bond motifs is 1.